The Morgan fingerprint density at radius 3 is 1.61 bits per heavy atom. The van der Waals surface area contributed by atoms with Crippen LogP contribution in [0.25, 0.3) is 0 Å². The molecule has 0 bridgehead atoms. The van der Waals surface area contributed by atoms with Gasteiger partial charge >= 0.3 is 0 Å². The molecule has 0 aliphatic heterocycles. The van der Waals surface area contributed by atoms with Crippen molar-refractivity contribution in [1.29, 1.82) is 0 Å². The summed E-state index contributed by atoms with van der Waals surface area (Å²) >= 11 is 0. The highest BCUT2D eigenvalue weighted by molar-refractivity contribution is 5.78. The van der Waals surface area contributed by atoms with Gasteiger partial charge in [-0.2, -0.15) is 0 Å². The minimum absolute atomic E-state index is 0.518. The molecule has 0 amide bonds. The van der Waals surface area contributed by atoms with Crippen LogP contribution in [-0.4, -0.2) is 5.78 Å². The van der Waals surface area contributed by atoms with Gasteiger partial charge in [-0.1, -0.05) is 57.8 Å². The monoisotopic (exact) mass is 250 g/mol. The van der Waals surface area contributed by atoms with Crippen molar-refractivity contribution in [1.82, 2.24) is 0 Å². The van der Waals surface area contributed by atoms with E-state index in [1.165, 1.54) is 64.2 Å². The largest absolute Gasteiger partial charge is 0.300 e. The zero-order valence-corrected chi connectivity index (χ0v) is 12.0. The summed E-state index contributed by atoms with van der Waals surface area (Å²) in [6, 6.07) is 0. The van der Waals surface area contributed by atoms with Gasteiger partial charge in [0.2, 0.25) is 0 Å². The molecule has 1 nitrogen and oxygen atoms in total. The van der Waals surface area contributed by atoms with Gasteiger partial charge in [0.05, 0.1) is 0 Å². The second kappa shape index (κ2) is 7.96. The van der Waals surface area contributed by atoms with Crippen molar-refractivity contribution >= 4 is 5.78 Å². The van der Waals surface area contributed by atoms with Gasteiger partial charge in [-0.3, -0.25) is 4.79 Å². The normalized spacial score (nSPS) is 32.8. The van der Waals surface area contributed by atoms with E-state index in [9.17, 15) is 4.79 Å². The van der Waals surface area contributed by atoms with E-state index in [0.717, 1.165) is 37.5 Å². The first kappa shape index (κ1) is 14.1. The molecular formula is C17H30O. The molecule has 2 aliphatic carbocycles. The summed E-state index contributed by atoms with van der Waals surface area (Å²) in [5.41, 5.74) is 0. The molecule has 0 heterocycles. The summed E-state index contributed by atoms with van der Waals surface area (Å²) < 4.78 is 0. The summed E-state index contributed by atoms with van der Waals surface area (Å²) in [6.45, 7) is 0. The minimum atomic E-state index is 0.518. The number of fused-ring (bicyclic) bond motifs is 1. The molecule has 2 rings (SSSR count). The molecule has 2 atom stereocenters. The zero-order chi connectivity index (χ0) is 12.6. The molecule has 104 valence electrons. The lowest BCUT2D eigenvalue weighted by molar-refractivity contribution is -0.119. The lowest BCUT2D eigenvalue weighted by Gasteiger charge is -2.05. The van der Waals surface area contributed by atoms with Gasteiger partial charge in [0.1, 0.15) is 5.78 Å². The van der Waals surface area contributed by atoms with Crippen molar-refractivity contribution in [3.63, 3.8) is 0 Å². The average Bonchev–Trinajstić information content (AvgIpc) is 3.10. The summed E-state index contributed by atoms with van der Waals surface area (Å²) in [4.78, 5) is 11.6. The Morgan fingerprint density at radius 1 is 0.611 bits per heavy atom. The van der Waals surface area contributed by atoms with Crippen molar-refractivity contribution < 1.29 is 4.79 Å². The van der Waals surface area contributed by atoms with Crippen LogP contribution in [0.5, 0.6) is 0 Å². The van der Waals surface area contributed by atoms with Crippen molar-refractivity contribution in [3.05, 3.63) is 0 Å². The first-order chi connectivity index (χ1) is 8.86. The molecule has 0 spiro atoms. The van der Waals surface area contributed by atoms with Crippen molar-refractivity contribution in [2.75, 3.05) is 0 Å². The molecule has 0 saturated heterocycles. The molecule has 0 N–H and O–H groups in total. The third-order valence-corrected chi connectivity index (χ3v) is 4.88. The standard InChI is InChI=1S/C17H30O/c18-17-12-8-3-1-2-6-10-15-14-16(15)11-7-4-5-9-13-17/h15-16H,1-14H2/t15-,16-/m1/s1. The molecule has 0 aromatic rings. The van der Waals surface area contributed by atoms with Crippen LogP contribution >= 0.6 is 0 Å². The van der Waals surface area contributed by atoms with E-state index < -0.39 is 0 Å². The Hall–Kier alpha value is -0.330. The maximum Gasteiger partial charge on any atom is 0.132 e. The molecule has 18 heavy (non-hydrogen) atoms. The first-order valence-electron chi connectivity index (χ1n) is 8.38. The predicted molar refractivity (Wildman–Crippen MR) is 76.6 cm³/mol. The molecule has 2 fully saturated rings. The Balaban J connectivity index is 1.64. The van der Waals surface area contributed by atoms with Crippen LogP contribution < -0.4 is 0 Å². The van der Waals surface area contributed by atoms with Crippen molar-refractivity contribution in [2.24, 2.45) is 11.8 Å². The van der Waals surface area contributed by atoms with Crippen molar-refractivity contribution in [2.45, 2.75) is 89.9 Å². The summed E-state index contributed by atoms with van der Waals surface area (Å²) in [5, 5.41) is 0. The molecule has 0 aromatic carbocycles. The number of ketones is 1. The lowest BCUT2D eigenvalue weighted by Crippen LogP contribution is -1.98. The fourth-order valence-corrected chi connectivity index (χ4v) is 3.48. The second-order valence-electron chi connectivity index (χ2n) is 6.55. The number of carbonyl (C=O) groups is 1. The quantitative estimate of drug-likeness (QED) is 0.572. The van der Waals surface area contributed by atoms with E-state index >= 15 is 0 Å². The fraction of sp³-hybridized carbons (Fsp3) is 0.941. The predicted octanol–water partition coefficient (Wildman–Crippen LogP) is 5.28. The smallest absolute Gasteiger partial charge is 0.132 e. The van der Waals surface area contributed by atoms with E-state index in [1.54, 1.807) is 0 Å². The van der Waals surface area contributed by atoms with Crippen LogP contribution in [0.2, 0.25) is 0 Å². The summed E-state index contributed by atoms with van der Waals surface area (Å²) in [7, 11) is 0. The fourth-order valence-electron chi connectivity index (χ4n) is 3.48. The maximum atomic E-state index is 11.6. The van der Waals surface area contributed by atoms with E-state index in [-0.39, 0.29) is 0 Å². The topological polar surface area (TPSA) is 17.1 Å². The SMILES string of the molecule is O=C1CCCCCCC[C@@H]2C[C@H]2CCCCCC1. The van der Waals surface area contributed by atoms with E-state index in [2.05, 4.69) is 0 Å². The molecule has 0 radical (unpaired) electrons. The Morgan fingerprint density at radius 2 is 1.06 bits per heavy atom. The molecule has 2 saturated carbocycles. The maximum absolute atomic E-state index is 11.6. The number of hydrogen-bond donors (Lipinski definition) is 0. The molecule has 1 heteroatoms. The van der Waals surface area contributed by atoms with Gasteiger partial charge < -0.3 is 0 Å². The van der Waals surface area contributed by atoms with Gasteiger partial charge in [0.25, 0.3) is 0 Å². The third kappa shape index (κ3) is 5.54. The highest BCUT2D eigenvalue weighted by Crippen LogP contribution is 2.45. The number of rotatable bonds is 0. The highest BCUT2D eigenvalue weighted by atomic mass is 16.1. The molecule has 2 aliphatic rings. The zero-order valence-electron chi connectivity index (χ0n) is 12.0. The van der Waals surface area contributed by atoms with Crippen LogP contribution in [0.1, 0.15) is 89.9 Å². The average molecular weight is 250 g/mol. The number of hydrogen-bond acceptors (Lipinski definition) is 1. The minimum Gasteiger partial charge on any atom is -0.300 e. The Kier molecular flexibility index (Phi) is 6.23. The van der Waals surface area contributed by atoms with Gasteiger partial charge in [0.15, 0.2) is 0 Å². The molecular weight excluding hydrogens is 220 g/mol. The van der Waals surface area contributed by atoms with Gasteiger partial charge in [-0.15, -0.1) is 0 Å². The van der Waals surface area contributed by atoms with Crippen LogP contribution in [0.4, 0.5) is 0 Å². The van der Waals surface area contributed by atoms with Gasteiger partial charge in [-0.05, 0) is 31.1 Å². The second-order valence-corrected chi connectivity index (χ2v) is 6.55. The first-order valence-corrected chi connectivity index (χ1v) is 8.38. The Bertz CT molecular complexity index is 246. The third-order valence-electron chi connectivity index (χ3n) is 4.88. The molecule has 0 aromatic heterocycles. The van der Waals surface area contributed by atoms with Crippen LogP contribution in [0.3, 0.4) is 0 Å². The van der Waals surface area contributed by atoms with Gasteiger partial charge in [-0.25, -0.2) is 0 Å². The van der Waals surface area contributed by atoms with Crippen LogP contribution in [-0.2, 0) is 4.79 Å². The summed E-state index contributed by atoms with van der Waals surface area (Å²) in [5.74, 6) is 2.70. The van der Waals surface area contributed by atoms with Crippen LogP contribution in [0.15, 0.2) is 0 Å². The Labute approximate surface area is 113 Å². The van der Waals surface area contributed by atoms with Gasteiger partial charge in [0, 0.05) is 12.8 Å². The number of carbonyl (C=O) groups excluding carboxylic acids is 1. The lowest BCUT2D eigenvalue weighted by atomic mass is 10.0. The molecule has 0 unspecified atom stereocenters. The van der Waals surface area contributed by atoms with E-state index in [4.69, 9.17) is 0 Å². The van der Waals surface area contributed by atoms with Crippen LogP contribution in [0, 0.1) is 11.8 Å². The van der Waals surface area contributed by atoms with E-state index in [1.807, 2.05) is 0 Å². The van der Waals surface area contributed by atoms with Crippen molar-refractivity contribution in [3.8, 4) is 0 Å². The number of Topliss-reactive ketones (excluding diaryl/α,β-unsaturated/α-hetero) is 1. The summed E-state index contributed by atoms with van der Waals surface area (Å²) in [6.07, 6.45) is 18.0. The highest BCUT2D eigenvalue weighted by Gasteiger charge is 2.34. The van der Waals surface area contributed by atoms with E-state index in [0.29, 0.717) is 5.78 Å².